The number of nitrogens with zero attached hydrogens (tertiary/aromatic N) is 2. The van der Waals surface area contributed by atoms with Crippen LogP contribution in [-0.2, 0) is 28.2 Å². The number of sulfonamides is 1. The van der Waals surface area contributed by atoms with Crippen LogP contribution >= 0.6 is 11.6 Å². The van der Waals surface area contributed by atoms with E-state index in [9.17, 15) is 13.2 Å². The van der Waals surface area contributed by atoms with Gasteiger partial charge in [0.1, 0.15) is 15.7 Å². The van der Waals surface area contributed by atoms with E-state index in [1.165, 1.54) is 17.9 Å². The molecule has 9 heteroatoms. The van der Waals surface area contributed by atoms with Crippen molar-refractivity contribution in [2.75, 3.05) is 7.11 Å². The monoisotopic (exact) mass is 395 g/mol. The van der Waals surface area contributed by atoms with E-state index in [1.54, 1.807) is 44.5 Å². The molecule has 0 aromatic carbocycles. The molecule has 0 fully saturated rings. The summed E-state index contributed by atoms with van der Waals surface area (Å²) in [5, 5.41) is 0.337. The van der Waals surface area contributed by atoms with Crippen molar-refractivity contribution in [1.29, 1.82) is 0 Å². The standard InChI is InChI=1S/C17H18ClN3O4S/c1-17(9-11-5-7-19-14(18)8-11)6-4-12-13(26(23,24)20-17)10-21(2)15(12)16(22)25-3/h4-8,10,20H,9H2,1-3H3. The Morgan fingerprint density at radius 2 is 2.19 bits per heavy atom. The SMILES string of the molecule is COC(=O)c1c2c(cn1C)S(=O)(=O)NC(C)(Cc1ccnc(Cl)c1)C=C2. The topological polar surface area (TPSA) is 90.3 Å². The first-order valence-corrected chi connectivity index (χ1v) is 9.62. The zero-order valence-electron chi connectivity index (χ0n) is 14.5. The average molecular weight is 396 g/mol. The predicted octanol–water partition coefficient (Wildman–Crippen LogP) is 2.17. The molecule has 1 aliphatic heterocycles. The van der Waals surface area contributed by atoms with E-state index in [0.717, 1.165) is 5.56 Å². The maximum Gasteiger partial charge on any atom is 0.355 e. The van der Waals surface area contributed by atoms with Crippen molar-refractivity contribution in [3.63, 3.8) is 0 Å². The molecule has 0 aliphatic carbocycles. The van der Waals surface area contributed by atoms with Gasteiger partial charge in [0.2, 0.25) is 10.0 Å². The minimum absolute atomic E-state index is 0.0353. The molecule has 0 spiro atoms. The number of ether oxygens (including phenoxy) is 1. The molecule has 1 unspecified atom stereocenters. The number of pyridine rings is 1. The van der Waals surface area contributed by atoms with Crippen LogP contribution in [0.2, 0.25) is 5.15 Å². The molecule has 26 heavy (non-hydrogen) atoms. The summed E-state index contributed by atoms with van der Waals surface area (Å²) in [7, 11) is -0.994. The molecule has 2 aromatic heterocycles. The number of methoxy groups -OCH3 is 1. The number of fused-ring (bicyclic) bond motifs is 1. The summed E-state index contributed by atoms with van der Waals surface area (Å²) in [6.45, 7) is 1.76. The highest BCUT2D eigenvalue weighted by Gasteiger charge is 2.36. The second kappa shape index (κ2) is 6.53. The third-order valence-corrected chi connectivity index (χ3v) is 6.05. The van der Waals surface area contributed by atoms with Crippen LogP contribution in [-0.4, -0.2) is 36.6 Å². The summed E-state index contributed by atoms with van der Waals surface area (Å²) in [6, 6.07) is 3.46. The maximum absolute atomic E-state index is 12.9. The van der Waals surface area contributed by atoms with Crippen LogP contribution in [0.3, 0.4) is 0 Å². The summed E-state index contributed by atoms with van der Waals surface area (Å²) in [5.74, 6) is -0.599. The highest BCUT2D eigenvalue weighted by Crippen LogP contribution is 2.30. The number of esters is 1. The fraction of sp³-hybridized carbons (Fsp3) is 0.294. The van der Waals surface area contributed by atoms with E-state index in [2.05, 4.69) is 9.71 Å². The number of hydrogen-bond acceptors (Lipinski definition) is 5. The van der Waals surface area contributed by atoms with Crippen LogP contribution < -0.4 is 4.72 Å². The van der Waals surface area contributed by atoms with Crippen molar-refractivity contribution in [1.82, 2.24) is 14.3 Å². The molecule has 3 heterocycles. The first-order valence-electron chi connectivity index (χ1n) is 7.76. The summed E-state index contributed by atoms with van der Waals surface area (Å²) in [4.78, 5) is 16.0. The largest absolute Gasteiger partial charge is 0.464 e. The smallest absolute Gasteiger partial charge is 0.355 e. The van der Waals surface area contributed by atoms with Gasteiger partial charge in [-0.3, -0.25) is 0 Å². The van der Waals surface area contributed by atoms with E-state index < -0.39 is 21.5 Å². The number of halogens is 1. The van der Waals surface area contributed by atoms with Gasteiger partial charge in [0.15, 0.2) is 0 Å². The van der Waals surface area contributed by atoms with Crippen LogP contribution in [0.15, 0.2) is 35.5 Å². The summed E-state index contributed by atoms with van der Waals surface area (Å²) >= 11 is 5.92. The van der Waals surface area contributed by atoms with Gasteiger partial charge in [-0.1, -0.05) is 23.8 Å². The summed E-state index contributed by atoms with van der Waals surface area (Å²) < 4.78 is 34.7. The zero-order chi connectivity index (χ0) is 19.1. The Bertz CT molecular complexity index is 1010. The minimum Gasteiger partial charge on any atom is -0.464 e. The highest BCUT2D eigenvalue weighted by molar-refractivity contribution is 7.89. The van der Waals surface area contributed by atoms with Gasteiger partial charge in [-0.15, -0.1) is 0 Å². The van der Waals surface area contributed by atoms with Crippen molar-refractivity contribution < 1.29 is 17.9 Å². The second-order valence-electron chi connectivity index (χ2n) is 6.38. The molecule has 1 aliphatic rings. The third kappa shape index (κ3) is 3.40. The fourth-order valence-electron chi connectivity index (χ4n) is 3.08. The molecule has 3 rings (SSSR count). The van der Waals surface area contributed by atoms with Gasteiger partial charge in [-0.2, -0.15) is 0 Å². The lowest BCUT2D eigenvalue weighted by Crippen LogP contribution is -2.45. The van der Waals surface area contributed by atoms with Gasteiger partial charge in [0.05, 0.1) is 12.6 Å². The van der Waals surface area contributed by atoms with Crippen LogP contribution in [0.1, 0.15) is 28.5 Å². The Labute approximate surface area is 156 Å². The quantitative estimate of drug-likeness (QED) is 0.635. The number of rotatable bonds is 3. The fourth-order valence-corrected chi connectivity index (χ4v) is 4.89. The van der Waals surface area contributed by atoms with Crippen molar-refractivity contribution in [3.8, 4) is 0 Å². The summed E-state index contributed by atoms with van der Waals surface area (Å²) in [5.41, 5.74) is 0.422. The Hall–Kier alpha value is -2.16. The Morgan fingerprint density at radius 3 is 2.85 bits per heavy atom. The van der Waals surface area contributed by atoms with E-state index in [0.29, 0.717) is 17.1 Å². The number of carbonyl (C=O) groups is 1. The molecule has 0 radical (unpaired) electrons. The highest BCUT2D eigenvalue weighted by atomic mass is 35.5. The lowest BCUT2D eigenvalue weighted by molar-refractivity contribution is 0.0589. The van der Waals surface area contributed by atoms with Gasteiger partial charge in [0.25, 0.3) is 0 Å². The van der Waals surface area contributed by atoms with Gasteiger partial charge in [-0.05, 0) is 31.0 Å². The van der Waals surface area contributed by atoms with Gasteiger partial charge in [0, 0.05) is 25.0 Å². The zero-order valence-corrected chi connectivity index (χ0v) is 16.1. The van der Waals surface area contributed by atoms with Crippen molar-refractivity contribution in [3.05, 3.63) is 52.6 Å². The molecule has 7 nitrogen and oxygen atoms in total. The maximum atomic E-state index is 12.9. The Morgan fingerprint density at radius 1 is 1.46 bits per heavy atom. The number of hydrogen-bond donors (Lipinski definition) is 1. The molecule has 0 amide bonds. The molecule has 0 saturated carbocycles. The average Bonchev–Trinajstić information content (AvgIpc) is 2.85. The molecule has 138 valence electrons. The molecule has 1 atom stereocenters. The minimum atomic E-state index is -3.85. The van der Waals surface area contributed by atoms with Gasteiger partial charge < -0.3 is 9.30 Å². The number of carbonyl (C=O) groups excluding carboxylic acids is 1. The van der Waals surface area contributed by atoms with Gasteiger partial charge >= 0.3 is 5.97 Å². The second-order valence-corrected chi connectivity index (χ2v) is 8.42. The lowest BCUT2D eigenvalue weighted by Gasteiger charge is -2.26. The molecule has 0 saturated heterocycles. The van der Waals surface area contributed by atoms with Crippen LogP contribution in [0, 0.1) is 0 Å². The van der Waals surface area contributed by atoms with E-state index in [1.807, 2.05) is 0 Å². The lowest BCUT2D eigenvalue weighted by atomic mass is 9.93. The third-order valence-electron chi connectivity index (χ3n) is 4.20. The Balaban J connectivity index is 2.08. The number of aryl methyl sites for hydroxylation is 1. The molecular weight excluding hydrogens is 378 g/mol. The number of aromatic nitrogens is 2. The predicted molar refractivity (Wildman–Crippen MR) is 97.5 cm³/mol. The van der Waals surface area contributed by atoms with Crippen molar-refractivity contribution in [2.45, 2.75) is 23.8 Å². The first-order chi connectivity index (χ1) is 12.1. The molecule has 1 N–H and O–H groups in total. The molecule has 0 bridgehead atoms. The molecule has 2 aromatic rings. The summed E-state index contributed by atoms with van der Waals surface area (Å²) in [6.07, 6.45) is 6.72. The first kappa shape index (κ1) is 18.6. The Kier molecular flexibility index (Phi) is 4.68. The number of nitrogens with one attached hydrogen (secondary N) is 1. The van der Waals surface area contributed by atoms with E-state index in [-0.39, 0.29) is 10.6 Å². The van der Waals surface area contributed by atoms with Crippen molar-refractivity contribution >= 4 is 33.7 Å². The van der Waals surface area contributed by atoms with Crippen LogP contribution in [0.4, 0.5) is 0 Å². The van der Waals surface area contributed by atoms with E-state index >= 15 is 0 Å². The normalized spacial score (nSPS) is 21.1. The van der Waals surface area contributed by atoms with Crippen LogP contribution in [0.25, 0.3) is 6.08 Å². The van der Waals surface area contributed by atoms with Crippen LogP contribution in [0.5, 0.6) is 0 Å². The van der Waals surface area contributed by atoms with E-state index in [4.69, 9.17) is 16.3 Å². The molecular formula is C17H18ClN3O4S. The van der Waals surface area contributed by atoms with Crippen molar-refractivity contribution in [2.24, 2.45) is 7.05 Å². The van der Waals surface area contributed by atoms with Gasteiger partial charge in [-0.25, -0.2) is 22.9 Å².